The van der Waals surface area contributed by atoms with Crippen LogP contribution < -0.4 is 11.5 Å². The van der Waals surface area contributed by atoms with E-state index in [4.69, 9.17) is 16.6 Å². The van der Waals surface area contributed by atoms with Gasteiger partial charge in [-0.2, -0.15) is 0 Å². The third-order valence-electron chi connectivity index (χ3n) is 3.25. The average molecular weight is 275 g/mol. The first kappa shape index (κ1) is 15.8. The normalized spacial score (nSPS) is 26.2. The van der Waals surface area contributed by atoms with E-state index in [1.165, 1.54) is 0 Å². The first-order chi connectivity index (χ1) is 8.86. The van der Waals surface area contributed by atoms with Crippen LogP contribution in [0.1, 0.15) is 19.3 Å². The van der Waals surface area contributed by atoms with Gasteiger partial charge in [-0.15, -0.1) is 0 Å². The van der Waals surface area contributed by atoms with Gasteiger partial charge < -0.3 is 31.7 Å². The summed E-state index contributed by atoms with van der Waals surface area (Å²) in [4.78, 5) is 24.1. The number of amides is 1. The molecule has 0 aromatic rings. The van der Waals surface area contributed by atoms with Crippen LogP contribution in [-0.2, 0) is 9.59 Å². The summed E-state index contributed by atoms with van der Waals surface area (Å²) in [6, 6.07) is -1.93. The van der Waals surface area contributed by atoms with Crippen LogP contribution in [0.2, 0.25) is 0 Å². The fourth-order valence-corrected chi connectivity index (χ4v) is 2.12. The Balaban J connectivity index is 2.57. The first-order valence-corrected chi connectivity index (χ1v) is 6.21. The summed E-state index contributed by atoms with van der Waals surface area (Å²) in [6.07, 6.45) is -1.06. The highest BCUT2D eigenvalue weighted by Crippen LogP contribution is 2.19. The third kappa shape index (κ3) is 4.13. The Morgan fingerprint density at radius 1 is 1.37 bits per heavy atom. The smallest absolute Gasteiger partial charge is 0.326 e. The van der Waals surface area contributed by atoms with E-state index in [1.54, 1.807) is 0 Å². The van der Waals surface area contributed by atoms with Gasteiger partial charge in [-0.25, -0.2) is 4.79 Å². The maximum atomic E-state index is 12.0. The average Bonchev–Trinajstić information content (AvgIpc) is 2.76. The van der Waals surface area contributed by atoms with Crippen molar-refractivity contribution < 1.29 is 24.9 Å². The second-order valence-electron chi connectivity index (χ2n) is 4.81. The van der Waals surface area contributed by atoms with Crippen LogP contribution >= 0.6 is 0 Å². The number of hydrogen-bond donors (Lipinski definition) is 5. The SMILES string of the molecule is NC[C@H](O)CC[C@H](N)C(=O)N1C[C@H](O)C[C@H]1C(=O)O. The van der Waals surface area contributed by atoms with Gasteiger partial charge in [-0.05, 0) is 12.8 Å². The van der Waals surface area contributed by atoms with E-state index in [-0.39, 0.29) is 32.4 Å². The Labute approximate surface area is 111 Å². The Morgan fingerprint density at radius 3 is 2.53 bits per heavy atom. The summed E-state index contributed by atoms with van der Waals surface area (Å²) in [5, 5.41) is 27.7. The largest absolute Gasteiger partial charge is 0.480 e. The Kier molecular flexibility index (Phi) is 5.67. The van der Waals surface area contributed by atoms with E-state index in [1.807, 2.05) is 0 Å². The molecule has 0 spiro atoms. The third-order valence-corrected chi connectivity index (χ3v) is 3.25. The van der Waals surface area contributed by atoms with E-state index in [0.29, 0.717) is 0 Å². The molecule has 0 bridgehead atoms. The number of β-amino-alcohol motifs (C(OH)–C–C–N with tert-alkyl or cyclic N) is 1. The number of nitrogens with zero attached hydrogens (tertiary/aromatic N) is 1. The number of aliphatic hydroxyl groups excluding tert-OH is 2. The van der Waals surface area contributed by atoms with Gasteiger partial charge in [0.25, 0.3) is 0 Å². The molecule has 4 atom stereocenters. The van der Waals surface area contributed by atoms with Crippen LogP contribution in [0.3, 0.4) is 0 Å². The highest BCUT2D eigenvalue weighted by Gasteiger charge is 2.40. The van der Waals surface area contributed by atoms with Gasteiger partial charge in [0, 0.05) is 19.5 Å². The fraction of sp³-hybridized carbons (Fsp3) is 0.818. The van der Waals surface area contributed by atoms with Crippen molar-refractivity contribution in [3.8, 4) is 0 Å². The second-order valence-corrected chi connectivity index (χ2v) is 4.81. The van der Waals surface area contributed by atoms with Crippen molar-refractivity contribution in [1.29, 1.82) is 0 Å². The van der Waals surface area contributed by atoms with E-state index < -0.39 is 36.2 Å². The van der Waals surface area contributed by atoms with Gasteiger partial charge in [0.2, 0.25) is 5.91 Å². The minimum Gasteiger partial charge on any atom is -0.480 e. The van der Waals surface area contributed by atoms with Crippen LogP contribution in [0.15, 0.2) is 0 Å². The van der Waals surface area contributed by atoms with Crippen molar-refractivity contribution >= 4 is 11.9 Å². The topological polar surface area (TPSA) is 150 Å². The minimum atomic E-state index is -1.15. The summed E-state index contributed by atoms with van der Waals surface area (Å²) >= 11 is 0. The number of aliphatic carboxylic acids is 1. The standard InChI is InChI=1S/C11H21N3O5/c12-4-6(15)1-2-8(13)10(17)14-5-7(16)3-9(14)11(18)19/h6-9,15-16H,1-5,12-13H2,(H,18,19)/t6-,7-,8+,9+/m1/s1. The molecular formula is C11H21N3O5. The molecule has 19 heavy (non-hydrogen) atoms. The van der Waals surface area contributed by atoms with Gasteiger partial charge in [-0.1, -0.05) is 0 Å². The zero-order valence-corrected chi connectivity index (χ0v) is 10.6. The zero-order chi connectivity index (χ0) is 14.6. The van der Waals surface area contributed by atoms with Crippen molar-refractivity contribution in [3.05, 3.63) is 0 Å². The monoisotopic (exact) mass is 275 g/mol. The number of nitrogens with two attached hydrogens (primary N) is 2. The molecule has 1 saturated heterocycles. The summed E-state index contributed by atoms with van der Waals surface area (Å²) in [6.45, 7) is 0.0596. The highest BCUT2D eigenvalue weighted by molar-refractivity contribution is 5.87. The Hall–Kier alpha value is -1.22. The van der Waals surface area contributed by atoms with Crippen LogP contribution in [-0.4, -0.2) is 69.5 Å². The lowest BCUT2D eigenvalue weighted by Gasteiger charge is -2.24. The summed E-state index contributed by atoms with van der Waals surface area (Å²) in [5.41, 5.74) is 10.9. The molecule has 110 valence electrons. The Morgan fingerprint density at radius 2 is 2.00 bits per heavy atom. The summed E-state index contributed by atoms with van der Waals surface area (Å²) in [5.74, 6) is -1.67. The van der Waals surface area contributed by atoms with Crippen molar-refractivity contribution in [1.82, 2.24) is 4.90 Å². The molecule has 1 rings (SSSR count). The molecule has 0 saturated carbocycles. The van der Waals surface area contributed by atoms with Crippen LogP contribution in [0.5, 0.6) is 0 Å². The number of aliphatic hydroxyl groups is 2. The number of carbonyl (C=O) groups excluding carboxylic acids is 1. The van der Waals surface area contributed by atoms with E-state index in [0.717, 1.165) is 4.90 Å². The summed E-state index contributed by atoms with van der Waals surface area (Å²) in [7, 11) is 0. The van der Waals surface area contributed by atoms with E-state index in [2.05, 4.69) is 0 Å². The van der Waals surface area contributed by atoms with Gasteiger partial charge in [0.15, 0.2) is 0 Å². The number of carboxylic acid groups (broad SMARTS) is 1. The van der Waals surface area contributed by atoms with Gasteiger partial charge in [0.1, 0.15) is 6.04 Å². The molecule has 8 heteroatoms. The van der Waals surface area contributed by atoms with Crippen molar-refractivity contribution in [2.45, 2.75) is 43.6 Å². The molecule has 1 amide bonds. The molecular weight excluding hydrogens is 254 g/mol. The molecule has 1 aliphatic rings. The maximum Gasteiger partial charge on any atom is 0.326 e. The number of carboxylic acids is 1. The quantitative estimate of drug-likeness (QED) is 0.358. The lowest BCUT2D eigenvalue weighted by molar-refractivity contribution is -0.148. The van der Waals surface area contributed by atoms with Gasteiger partial charge in [-0.3, -0.25) is 4.79 Å². The molecule has 0 aromatic heterocycles. The zero-order valence-electron chi connectivity index (χ0n) is 10.6. The number of likely N-dealkylation sites (tertiary alicyclic amines) is 1. The van der Waals surface area contributed by atoms with Crippen LogP contribution in [0.4, 0.5) is 0 Å². The fourth-order valence-electron chi connectivity index (χ4n) is 2.12. The van der Waals surface area contributed by atoms with Crippen molar-refractivity contribution in [2.24, 2.45) is 11.5 Å². The molecule has 0 unspecified atom stereocenters. The van der Waals surface area contributed by atoms with Crippen LogP contribution in [0.25, 0.3) is 0 Å². The molecule has 0 aromatic carbocycles. The highest BCUT2D eigenvalue weighted by atomic mass is 16.4. The molecule has 1 heterocycles. The molecule has 7 N–H and O–H groups in total. The number of carbonyl (C=O) groups is 2. The van der Waals surface area contributed by atoms with Crippen molar-refractivity contribution in [3.63, 3.8) is 0 Å². The van der Waals surface area contributed by atoms with Crippen molar-refractivity contribution in [2.75, 3.05) is 13.1 Å². The molecule has 8 nitrogen and oxygen atoms in total. The number of hydrogen-bond acceptors (Lipinski definition) is 6. The maximum absolute atomic E-state index is 12.0. The molecule has 1 aliphatic heterocycles. The Bertz CT molecular complexity index is 338. The first-order valence-electron chi connectivity index (χ1n) is 6.21. The molecule has 0 aliphatic carbocycles. The van der Waals surface area contributed by atoms with E-state index >= 15 is 0 Å². The summed E-state index contributed by atoms with van der Waals surface area (Å²) < 4.78 is 0. The van der Waals surface area contributed by atoms with Gasteiger partial charge in [0.05, 0.1) is 18.2 Å². The lowest BCUT2D eigenvalue weighted by atomic mass is 10.1. The molecule has 1 fully saturated rings. The number of rotatable bonds is 6. The van der Waals surface area contributed by atoms with Crippen LogP contribution in [0, 0.1) is 0 Å². The second kappa shape index (κ2) is 6.80. The predicted octanol–water partition coefficient (Wildman–Crippen LogP) is -2.54. The molecule has 0 radical (unpaired) electrons. The predicted molar refractivity (Wildman–Crippen MR) is 66.0 cm³/mol. The lowest BCUT2D eigenvalue weighted by Crippen LogP contribution is -2.48. The minimum absolute atomic E-state index is 0.0131. The van der Waals surface area contributed by atoms with E-state index in [9.17, 15) is 19.8 Å². The van der Waals surface area contributed by atoms with Gasteiger partial charge >= 0.3 is 5.97 Å².